The van der Waals surface area contributed by atoms with Crippen LogP contribution in [0, 0.1) is 13.8 Å². The second kappa shape index (κ2) is 22.6. The Hall–Kier alpha value is -9.04. The predicted molar refractivity (Wildman–Crippen MR) is 319 cm³/mol. The smallest absolute Gasteiger partial charge is 0.0713 e. The van der Waals surface area contributed by atoms with E-state index in [0.717, 1.165) is 16.1 Å². The summed E-state index contributed by atoms with van der Waals surface area (Å²) in [5, 5.41) is 8.32. The number of aryl methyl sites for hydroxylation is 2. The molecule has 0 aromatic heterocycles. The Labute approximate surface area is 437 Å². The van der Waals surface area contributed by atoms with Crippen molar-refractivity contribution < 1.29 is 0 Å². The van der Waals surface area contributed by atoms with Gasteiger partial charge in [0, 0.05) is 11.9 Å². The molecule has 0 saturated carbocycles. The molecule has 0 spiro atoms. The van der Waals surface area contributed by atoms with E-state index in [0.29, 0.717) is 0 Å². The van der Waals surface area contributed by atoms with E-state index in [1.807, 2.05) is 0 Å². The van der Waals surface area contributed by atoms with Gasteiger partial charge in [0.05, 0.1) is 5.41 Å². The summed E-state index contributed by atoms with van der Waals surface area (Å²) in [7, 11) is 0. The molecule has 0 fully saturated rings. The molecule has 74 heavy (non-hydrogen) atoms. The van der Waals surface area contributed by atoms with E-state index in [9.17, 15) is 0 Å². The second-order valence-electron chi connectivity index (χ2n) is 19.3. The Kier molecular flexibility index (Phi) is 14.8. The maximum absolute atomic E-state index is 3.52. The molecule has 1 heteroatoms. The highest BCUT2D eigenvalue weighted by Crippen LogP contribution is 2.56. The average molecular weight is 952 g/mol. The summed E-state index contributed by atoms with van der Waals surface area (Å²) >= 11 is 0. The van der Waals surface area contributed by atoms with Crippen molar-refractivity contribution in [1.82, 2.24) is 0 Å². The molecule has 1 N–H and O–H groups in total. The summed E-state index contributed by atoms with van der Waals surface area (Å²) in [5.41, 5.74) is 20.0. The minimum Gasteiger partial charge on any atom is -0.361 e. The number of rotatable bonds is 11. The number of anilines is 1. The van der Waals surface area contributed by atoms with Gasteiger partial charge in [-0.25, -0.2) is 0 Å². The first-order valence-electron chi connectivity index (χ1n) is 25.7. The van der Waals surface area contributed by atoms with Crippen LogP contribution in [0.5, 0.6) is 0 Å². The third-order valence-corrected chi connectivity index (χ3v) is 14.0. The Morgan fingerprint density at radius 2 is 1.01 bits per heavy atom. The highest BCUT2D eigenvalue weighted by atomic mass is 14.8. The quantitative estimate of drug-likeness (QED) is 0.127. The van der Waals surface area contributed by atoms with Gasteiger partial charge in [0.1, 0.15) is 0 Å². The molecule has 10 aromatic rings. The molecule has 11 rings (SSSR count). The molecule has 10 aromatic carbocycles. The average Bonchev–Trinajstić information content (AvgIpc) is 3.75. The molecule has 0 atom stereocenters. The van der Waals surface area contributed by atoms with Crippen LogP contribution < -0.4 is 15.8 Å². The van der Waals surface area contributed by atoms with Crippen LogP contribution in [0.3, 0.4) is 0 Å². The van der Waals surface area contributed by atoms with Crippen LogP contribution >= 0.6 is 0 Å². The first-order chi connectivity index (χ1) is 36.4. The lowest BCUT2D eigenvalue weighted by Gasteiger charge is -2.34. The first-order valence-corrected chi connectivity index (χ1v) is 25.7. The van der Waals surface area contributed by atoms with Crippen molar-refractivity contribution >= 4 is 40.9 Å². The zero-order valence-electron chi connectivity index (χ0n) is 42.7. The largest absolute Gasteiger partial charge is 0.361 e. The van der Waals surface area contributed by atoms with Gasteiger partial charge < -0.3 is 5.32 Å². The maximum Gasteiger partial charge on any atom is 0.0713 e. The van der Waals surface area contributed by atoms with Gasteiger partial charge in [-0.15, -0.1) is 0 Å². The molecule has 358 valence electrons. The fraction of sp³-hybridized carbons (Fsp3) is 0.0685. The van der Waals surface area contributed by atoms with E-state index in [4.69, 9.17) is 0 Å². The molecule has 0 amide bonds. The zero-order chi connectivity index (χ0) is 50.7. The standard InChI is InChI=1S/C47H41N.C26H20/c1-35(2)15-5-4-6-16-37-27-28-42(33-36(37)3)47-26-12-11-25-46(47)41-29-31-44(32-30-41)48-34-43-19-8-7-17-38(43)20-13-21-40-23-14-22-39-18-9-10-24-45(39)40;1-19-16-17-23-22-14-8-9-15-24(22)26(25(23)18-19,20-10-4-2-5-11-20)21-12-6-3-7-13-21/h4-34,48H,1-3H3;2-18H,1H3/b5-4-,16-6+,21-13-,38-20-,43-34+;. The van der Waals surface area contributed by atoms with Crippen LogP contribution in [0.2, 0.25) is 0 Å². The minimum atomic E-state index is -0.263. The molecule has 1 nitrogen and oxygen atoms in total. The summed E-state index contributed by atoms with van der Waals surface area (Å²) in [4.78, 5) is 0. The Balaban J connectivity index is 0.000000201. The summed E-state index contributed by atoms with van der Waals surface area (Å²) in [6.07, 6.45) is 19.1. The Bertz CT molecular complexity index is 3780. The number of nitrogens with one attached hydrogen (secondary N) is 1. The van der Waals surface area contributed by atoms with Gasteiger partial charge in [0.15, 0.2) is 0 Å². The fourth-order valence-corrected chi connectivity index (χ4v) is 10.4. The van der Waals surface area contributed by atoms with Gasteiger partial charge in [0.2, 0.25) is 0 Å². The van der Waals surface area contributed by atoms with Crippen molar-refractivity contribution in [2.24, 2.45) is 0 Å². The third-order valence-electron chi connectivity index (χ3n) is 14.0. The van der Waals surface area contributed by atoms with Crippen LogP contribution in [0.4, 0.5) is 5.69 Å². The SMILES string of the molecule is CC(C)=C/C=C\C=C\c1ccc(-c2ccccc2-c2ccc(N\C=c3/cccc/c3=C/C=C\c3cccc4ccccc34)cc2)cc1C.Cc1ccc2c(c1)C(c1ccccc1)(c1ccccc1)c1ccccc1-2. The van der Waals surface area contributed by atoms with E-state index < -0.39 is 0 Å². The van der Waals surface area contributed by atoms with Crippen LogP contribution in [0.1, 0.15) is 58.4 Å². The van der Waals surface area contributed by atoms with E-state index in [1.165, 1.54) is 94.2 Å². The molecular formula is C73H61N. The summed E-state index contributed by atoms with van der Waals surface area (Å²) in [5.74, 6) is 0. The van der Waals surface area contributed by atoms with Gasteiger partial charge in [-0.1, -0.05) is 284 Å². The zero-order valence-corrected chi connectivity index (χ0v) is 42.7. The van der Waals surface area contributed by atoms with E-state index in [1.54, 1.807) is 0 Å². The second-order valence-corrected chi connectivity index (χ2v) is 19.3. The molecule has 0 unspecified atom stereocenters. The fourth-order valence-electron chi connectivity index (χ4n) is 10.4. The van der Waals surface area contributed by atoms with Gasteiger partial charge in [-0.05, 0) is 133 Å². The number of fused-ring (bicyclic) bond motifs is 4. The van der Waals surface area contributed by atoms with Gasteiger partial charge in [-0.3, -0.25) is 0 Å². The lowest BCUT2D eigenvalue weighted by molar-refractivity contribution is 0.767. The van der Waals surface area contributed by atoms with Crippen molar-refractivity contribution in [1.29, 1.82) is 0 Å². The summed E-state index contributed by atoms with van der Waals surface area (Å²) in [6, 6.07) is 85.1. The van der Waals surface area contributed by atoms with Crippen molar-refractivity contribution in [3.8, 4) is 33.4 Å². The van der Waals surface area contributed by atoms with Crippen molar-refractivity contribution in [2.45, 2.75) is 33.1 Å². The van der Waals surface area contributed by atoms with Gasteiger partial charge in [-0.2, -0.15) is 0 Å². The predicted octanol–water partition coefficient (Wildman–Crippen LogP) is 17.7. The first kappa shape index (κ1) is 48.6. The highest BCUT2D eigenvalue weighted by Gasteiger charge is 2.45. The van der Waals surface area contributed by atoms with Crippen molar-refractivity contribution in [2.75, 3.05) is 5.32 Å². The van der Waals surface area contributed by atoms with Crippen LogP contribution in [-0.4, -0.2) is 0 Å². The molecule has 0 aliphatic heterocycles. The molecule has 0 heterocycles. The van der Waals surface area contributed by atoms with Crippen molar-refractivity contribution in [3.05, 3.63) is 327 Å². The van der Waals surface area contributed by atoms with Crippen LogP contribution in [0.25, 0.3) is 68.6 Å². The molecule has 0 saturated heterocycles. The molecular weight excluding hydrogens is 891 g/mol. The van der Waals surface area contributed by atoms with Crippen LogP contribution in [-0.2, 0) is 5.41 Å². The topological polar surface area (TPSA) is 12.0 Å². The highest BCUT2D eigenvalue weighted by molar-refractivity contribution is 5.91. The minimum absolute atomic E-state index is 0.263. The van der Waals surface area contributed by atoms with E-state index in [2.05, 4.69) is 324 Å². The summed E-state index contributed by atoms with van der Waals surface area (Å²) in [6.45, 7) is 8.57. The third kappa shape index (κ3) is 10.5. The maximum atomic E-state index is 3.52. The number of hydrogen-bond donors (Lipinski definition) is 1. The molecule has 0 bridgehead atoms. The monoisotopic (exact) mass is 951 g/mol. The van der Waals surface area contributed by atoms with E-state index in [-0.39, 0.29) is 5.41 Å². The number of allylic oxidation sites excluding steroid dienone is 6. The van der Waals surface area contributed by atoms with E-state index >= 15 is 0 Å². The lowest BCUT2D eigenvalue weighted by Crippen LogP contribution is -2.28. The van der Waals surface area contributed by atoms with Gasteiger partial charge >= 0.3 is 0 Å². The number of benzene rings is 10. The number of hydrogen-bond acceptors (Lipinski definition) is 1. The molecule has 1 aliphatic carbocycles. The van der Waals surface area contributed by atoms with Crippen LogP contribution in [0.15, 0.2) is 273 Å². The Morgan fingerprint density at radius 1 is 0.419 bits per heavy atom. The molecule has 0 radical (unpaired) electrons. The van der Waals surface area contributed by atoms with Gasteiger partial charge in [0.25, 0.3) is 0 Å². The Morgan fingerprint density at radius 3 is 1.74 bits per heavy atom. The normalized spacial score (nSPS) is 13.0. The summed E-state index contributed by atoms with van der Waals surface area (Å²) < 4.78 is 0. The van der Waals surface area contributed by atoms with Crippen molar-refractivity contribution in [3.63, 3.8) is 0 Å². The molecule has 1 aliphatic rings. The lowest BCUT2D eigenvalue weighted by atomic mass is 9.67.